The minimum Gasteiger partial charge on any atom is -0.506 e. The second kappa shape index (κ2) is 7.94. The van der Waals surface area contributed by atoms with Crippen LogP contribution >= 0.6 is 0 Å². The number of aliphatic hydroxyl groups is 2. The lowest BCUT2D eigenvalue weighted by Gasteiger charge is -2.33. The Morgan fingerprint density at radius 3 is 1.94 bits per heavy atom. The summed E-state index contributed by atoms with van der Waals surface area (Å²) in [7, 11) is 2.03. The topological polar surface area (TPSA) is 52.9 Å². The van der Waals surface area contributed by atoms with Gasteiger partial charge >= 0.3 is 0 Å². The van der Waals surface area contributed by atoms with Crippen molar-refractivity contribution in [1.29, 1.82) is 0 Å². The fraction of sp³-hybridized carbons (Fsp3) is 0.419. The molecule has 2 heterocycles. The van der Waals surface area contributed by atoms with Crippen molar-refractivity contribution in [3.63, 3.8) is 0 Å². The molecule has 4 rings (SSSR count). The minimum atomic E-state index is -0.239. The van der Waals surface area contributed by atoms with Crippen molar-refractivity contribution in [1.82, 2.24) is 0 Å². The zero-order chi connectivity index (χ0) is 26.1. The molecule has 0 saturated carbocycles. The van der Waals surface area contributed by atoms with Gasteiger partial charge in [0, 0.05) is 34.7 Å². The maximum atomic E-state index is 11.1. The van der Waals surface area contributed by atoms with E-state index in [2.05, 4.69) is 78.5 Å². The second-order valence-electron chi connectivity index (χ2n) is 12.4. The number of likely N-dealkylation sites (N-methyl/N-ethyl adjacent to an activating group) is 1. The highest BCUT2D eigenvalue weighted by Gasteiger charge is 2.40. The molecule has 1 aliphatic carbocycles. The number of anilines is 1. The Hall–Kier alpha value is -3.14. The zero-order valence-corrected chi connectivity index (χ0v) is 22.8. The van der Waals surface area contributed by atoms with Gasteiger partial charge in [0.1, 0.15) is 23.0 Å². The van der Waals surface area contributed by atoms with E-state index in [1.165, 1.54) is 5.56 Å². The average Bonchev–Trinajstić information content (AvgIpc) is 2.96. The van der Waals surface area contributed by atoms with E-state index >= 15 is 0 Å². The molecule has 2 N–H and O–H groups in total. The van der Waals surface area contributed by atoms with Gasteiger partial charge in [-0.15, -0.1) is 0 Å². The van der Waals surface area contributed by atoms with Crippen LogP contribution in [-0.2, 0) is 10.2 Å². The van der Waals surface area contributed by atoms with E-state index in [9.17, 15) is 10.2 Å². The molecule has 0 saturated heterocycles. The number of rotatable bonds is 2. The third-order valence-corrected chi connectivity index (χ3v) is 7.28. The van der Waals surface area contributed by atoms with Gasteiger partial charge < -0.3 is 19.8 Å². The van der Waals surface area contributed by atoms with Gasteiger partial charge in [-0.3, -0.25) is 0 Å². The normalized spacial score (nSPS) is 21.0. The summed E-state index contributed by atoms with van der Waals surface area (Å²) in [4.78, 5) is 2.14. The number of para-hydroxylation sites is 1. The summed E-state index contributed by atoms with van der Waals surface area (Å²) in [5, 5.41) is 22.2. The lowest BCUT2D eigenvalue weighted by atomic mass is 9.80. The molecule has 186 valence electrons. The fourth-order valence-electron chi connectivity index (χ4n) is 4.92. The van der Waals surface area contributed by atoms with E-state index in [1.807, 2.05) is 38.3 Å². The predicted octanol–water partition coefficient (Wildman–Crippen LogP) is 8.14. The third kappa shape index (κ3) is 4.03. The summed E-state index contributed by atoms with van der Waals surface area (Å²) in [6.45, 7) is 19.0. The molecule has 4 nitrogen and oxygen atoms in total. The lowest BCUT2D eigenvalue weighted by molar-refractivity contribution is 0.161. The van der Waals surface area contributed by atoms with Gasteiger partial charge in [-0.05, 0) is 47.9 Å². The van der Waals surface area contributed by atoms with Gasteiger partial charge in [-0.1, -0.05) is 73.6 Å². The third-order valence-electron chi connectivity index (χ3n) is 7.28. The van der Waals surface area contributed by atoms with Crippen molar-refractivity contribution in [3.05, 3.63) is 99.1 Å². The molecule has 2 aliphatic heterocycles. The van der Waals surface area contributed by atoms with Crippen LogP contribution in [0.4, 0.5) is 5.69 Å². The van der Waals surface area contributed by atoms with E-state index in [0.717, 1.165) is 34.0 Å². The van der Waals surface area contributed by atoms with Gasteiger partial charge in [0.2, 0.25) is 0 Å². The first-order valence-electron chi connectivity index (χ1n) is 12.3. The minimum absolute atomic E-state index is 0.128. The summed E-state index contributed by atoms with van der Waals surface area (Å²) in [5.74, 6) is 2.00. The highest BCUT2D eigenvalue weighted by molar-refractivity contribution is 5.74. The van der Waals surface area contributed by atoms with Crippen LogP contribution in [0.15, 0.2) is 93.5 Å². The molecule has 0 atom stereocenters. The van der Waals surface area contributed by atoms with Crippen molar-refractivity contribution in [2.45, 2.75) is 67.7 Å². The largest absolute Gasteiger partial charge is 0.506 e. The molecule has 0 unspecified atom stereocenters. The number of fused-ring (bicyclic) bond motifs is 1. The van der Waals surface area contributed by atoms with Crippen LogP contribution in [0.25, 0.3) is 0 Å². The molecule has 4 heteroatoms. The summed E-state index contributed by atoms with van der Waals surface area (Å²) in [6.07, 6.45) is 5.97. The van der Waals surface area contributed by atoms with Crippen molar-refractivity contribution in [2.24, 2.45) is 10.8 Å². The molecule has 3 aliphatic rings. The number of aliphatic hydroxyl groups excluding tert-OH is 2. The standard InChI is InChI=1S/C31H39NO3/c1-18(19-15-24(29(2,3)4)35-25(16-19)30(5,6)7)26-27(33)20(28(26)34)17-23-31(8,9)21-13-11-12-14-22(21)32(23)10/h11-17,33-34H,1-10H3. The summed E-state index contributed by atoms with van der Waals surface area (Å²) in [6, 6.07) is 8.33. The first-order valence-corrected chi connectivity index (χ1v) is 12.3. The fourth-order valence-corrected chi connectivity index (χ4v) is 4.92. The molecule has 1 aromatic carbocycles. The molecule has 0 radical (unpaired) electrons. The van der Waals surface area contributed by atoms with Crippen LogP contribution in [0.1, 0.15) is 67.9 Å². The van der Waals surface area contributed by atoms with Crippen LogP contribution in [-0.4, -0.2) is 17.3 Å². The quantitative estimate of drug-likeness (QED) is 0.455. The zero-order valence-electron chi connectivity index (χ0n) is 22.8. The Balaban J connectivity index is 1.76. The summed E-state index contributed by atoms with van der Waals surface area (Å²) in [5.41, 5.74) is 5.58. The highest BCUT2D eigenvalue weighted by atomic mass is 16.5. The number of benzene rings is 1. The Bertz CT molecular complexity index is 1250. The van der Waals surface area contributed by atoms with Crippen LogP contribution in [0.2, 0.25) is 0 Å². The van der Waals surface area contributed by atoms with Crippen LogP contribution < -0.4 is 4.90 Å². The molecule has 35 heavy (non-hydrogen) atoms. The van der Waals surface area contributed by atoms with Crippen molar-refractivity contribution in [2.75, 3.05) is 11.9 Å². The van der Waals surface area contributed by atoms with Crippen molar-refractivity contribution >= 4 is 5.69 Å². The van der Waals surface area contributed by atoms with E-state index in [-0.39, 0.29) is 27.8 Å². The molecule has 0 amide bonds. The number of nitrogens with zero attached hydrogens (tertiary/aromatic N) is 1. The Morgan fingerprint density at radius 1 is 0.914 bits per heavy atom. The number of ether oxygens (including phenoxy) is 1. The lowest BCUT2D eigenvalue weighted by Crippen LogP contribution is -2.24. The van der Waals surface area contributed by atoms with Crippen LogP contribution in [0.5, 0.6) is 0 Å². The van der Waals surface area contributed by atoms with Gasteiger partial charge in [-0.2, -0.15) is 0 Å². The number of hydrogen-bond donors (Lipinski definition) is 2. The van der Waals surface area contributed by atoms with E-state index in [0.29, 0.717) is 11.1 Å². The SMILES string of the molecule is CC(=C1C=C(C(C)(C)C)OC(C(C)(C)C)=C1)C1=C(O)C(C=C2N(C)c3ccccc3C2(C)C)=C1O. The molecule has 0 fully saturated rings. The Morgan fingerprint density at radius 2 is 1.46 bits per heavy atom. The number of allylic oxidation sites excluding steroid dienone is 8. The molecule has 0 bridgehead atoms. The predicted molar refractivity (Wildman–Crippen MR) is 144 cm³/mol. The average molecular weight is 474 g/mol. The first-order chi connectivity index (χ1) is 16.0. The highest BCUT2D eigenvalue weighted by Crippen LogP contribution is 2.49. The molecular weight excluding hydrogens is 434 g/mol. The number of hydrogen-bond acceptors (Lipinski definition) is 4. The van der Waals surface area contributed by atoms with E-state index < -0.39 is 0 Å². The smallest absolute Gasteiger partial charge is 0.137 e. The molecule has 1 aromatic rings. The summed E-state index contributed by atoms with van der Waals surface area (Å²) >= 11 is 0. The van der Waals surface area contributed by atoms with Crippen LogP contribution in [0.3, 0.4) is 0 Å². The first kappa shape index (κ1) is 25.0. The van der Waals surface area contributed by atoms with Crippen LogP contribution in [0, 0.1) is 10.8 Å². The van der Waals surface area contributed by atoms with Gasteiger partial charge in [0.15, 0.2) is 0 Å². The van der Waals surface area contributed by atoms with E-state index in [4.69, 9.17) is 4.74 Å². The van der Waals surface area contributed by atoms with Crippen molar-refractivity contribution in [3.8, 4) is 0 Å². The second-order valence-corrected chi connectivity index (χ2v) is 12.4. The monoisotopic (exact) mass is 473 g/mol. The van der Waals surface area contributed by atoms with E-state index in [1.54, 1.807) is 0 Å². The van der Waals surface area contributed by atoms with Gasteiger partial charge in [0.25, 0.3) is 0 Å². The summed E-state index contributed by atoms with van der Waals surface area (Å²) < 4.78 is 6.28. The maximum Gasteiger partial charge on any atom is 0.137 e. The Labute approximate surface area is 210 Å². The molecular formula is C31H39NO3. The van der Waals surface area contributed by atoms with Gasteiger partial charge in [0.05, 0.1) is 11.1 Å². The van der Waals surface area contributed by atoms with Gasteiger partial charge in [-0.25, -0.2) is 0 Å². The molecule has 0 spiro atoms. The van der Waals surface area contributed by atoms with Crippen molar-refractivity contribution < 1.29 is 14.9 Å². The Kier molecular flexibility index (Phi) is 5.67. The maximum absolute atomic E-state index is 11.1. The molecule has 0 aromatic heterocycles.